The zero-order valence-corrected chi connectivity index (χ0v) is 10.5. The highest BCUT2D eigenvalue weighted by molar-refractivity contribution is 6.33. The van der Waals surface area contributed by atoms with Crippen LogP contribution in [0.25, 0.3) is 0 Å². The summed E-state index contributed by atoms with van der Waals surface area (Å²) in [6, 6.07) is 1.87. The van der Waals surface area contributed by atoms with Crippen molar-refractivity contribution in [3.63, 3.8) is 0 Å². The SMILES string of the molecule is CCn1cc(CNc2c(F)cc(F)cc2Cl)cn1. The van der Waals surface area contributed by atoms with Crippen LogP contribution in [-0.2, 0) is 13.1 Å². The molecule has 1 aromatic carbocycles. The van der Waals surface area contributed by atoms with Crippen molar-refractivity contribution in [2.45, 2.75) is 20.0 Å². The summed E-state index contributed by atoms with van der Waals surface area (Å²) in [7, 11) is 0. The van der Waals surface area contributed by atoms with Gasteiger partial charge in [0.25, 0.3) is 0 Å². The van der Waals surface area contributed by atoms with E-state index in [1.807, 2.05) is 13.1 Å². The summed E-state index contributed by atoms with van der Waals surface area (Å²) in [4.78, 5) is 0. The second kappa shape index (κ2) is 5.35. The summed E-state index contributed by atoms with van der Waals surface area (Å²) >= 11 is 5.77. The highest BCUT2D eigenvalue weighted by Crippen LogP contribution is 2.26. The molecule has 18 heavy (non-hydrogen) atoms. The molecule has 2 aromatic rings. The van der Waals surface area contributed by atoms with Crippen LogP contribution < -0.4 is 5.32 Å². The lowest BCUT2D eigenvalue weighted by atomic mass is 10.2. The summed E-state index contributed by atoms with van der Waals surface area (Å²) in [6.45, 7) is 3.12. The fourth-order valence-electron chi connectivity index (χ4n) is 1.57. The van der Waals surface area contributed by atoms with Crippen molar-refractivity contribution in [2.24, 2.45) is 0 Å². The average Bonchev–Trinajstić information content (AvgIpc) is 2.75. The summed E-state index contributed by atoms with van der Waals surface area (Å²) in [6.07, 6.45) is 3.54. The van der Waals surface area contributed by atoms with Gasteiger partial charge >= 0.3 is 0 Å². The van der Waals surface area contributed by atoms with Gasteiger partial charge in [0.05, 0.1) is 16.9 Å². The van der Waals surface area contributed by atoms with Crippen molar-refractivity contribution < 1.29 is 8.78 Å². The van der Waals surface area contributed by atoms with Gasteiger partial charge < -0.3 is 5.32 Å². The van der Waals surface area contributed by atoms with E-state index in [1.54, 1.807) is 10.9 Å². The lowest BCUT2D eigenvalue weighted by molar-refractivity contribution is 0.585. The van der Waals surface area contributed by atoms with Crippen LogP contribution in [0.4, 0.5) is 14.5 Å². The number of aryl methyl sites for hydroxylation is 1. The lowest BCUT2D eigenvalue weighted by Gasteiger charge is -2.08. The molecule has 0 unspecified atom stereocenters. The first kappa shape index (κ1) is 12.8. The zero-order chi connectivity index (χ0) is 13.1. The fraction of sp³-hybridized carbons (Fsp3) is 0.250. The maximum absolute atomic E-state index is 13.5. The molecule has 0 aliphatic carbocycles. The van der Waals surface area contributed by atoms with Crippen molar-refractivity contribution in [3.05, 3.63) is 46.7 Å². The Hall–Kier alpha value is -1.62. The van der Waals surface area contributed by atoms with E-state index in [1.165, 1.54) is 0 Å². The van der Waals surface area contributed by atoms with Gasteiger partial charge in [0.15, 0.2) is 5.82 Å². The first-order valence-electron chi connectivity index (χ1n) is 5.50. The van der Waals surface area contributed by atoms with E-state index in [0.29, 0.717) is 6.54 Å². The standard InChI is InChI=1S/C12H12ClF2N3/c1-2-18-7-8(6-17-18)5-16-12-10(13)3-9(14)4-11(12)15/h3-4,6-7,16H,2,5H2,1H3. The molecular weight excluding hydrogens is 260 g/mol. The normalized spacial score (nSPS) is 10.7. The van der Waals surface area contributed by atoms with Crippen molar-refractivity contribution in [2.75, 3.05) is 5.32 Å². The molecule has 1 heterocycles. The van der Waals surface area contributed by atoms with Gasteiger partial charge in [0.2, 0.25) is 0 Å². The highest BCUT2D eigenvalue weighted by Gasteiger charge is 2.09. The summed E-state index contributed by atoms with van der Waals surface area (Å²) in [5.74, 6) is -1.40. The number of hydrogen-bond acceptors (Lipinski definition) is 2. The Morgan fingerprint density at radius 2 is 2.17 bits per heavy atom. The van der Waals surface area contributed by atoms with Gasteiger partial charge in [-0.05, 0) is 13.0 Å². The third kappa shape index (κ3) is 2.79. The molecular formula is C12H12ClF2N3. The summed E-state index contributed by atoms with van der Waals surface area (Å²) < 4.78 is 28.1. The predicted octanol–water partition coefficient (Wildman–Crippen LogP) is 3.45. The Kier molecular flexibility index (Phi) is 3.81. The maximum Gasteiger partial charge on any atom is 0.150 e. The molecule has 96 valence electrons. The molecule has 0 radical (unpaired) electrons. The molecule has 0 atom stereocenters. The Bertz CT molecular complexity index is 531. The number of hydrogen-bond donors (Lipinski definition) is 1. The molecule has 1 N–H and O–H groups in total. The number of nitrogens with one attached hydrogen (secondary N) is 1. The van der Waals surface area contributed by atoms with E-state index in [4.69, 9.17) is 11.6 Å². The van der Waals surface area contributed by atoms with Crippen molar-refractivity contribution in [1.82, 2.24) is 9.78 Å². The van der Waals surface area contributed by atoms with Gasteiger partial charge in [-0.1, -0.05) is 11.6 Å². The molecule has 0 aliphatic rings. The van der Waals surface area contributed by atoms with E-state index in [2.05, 4.69) is 10.4 Å². The second-order valence-corrected chi connectivity index (χ2v) is 4.21. The minimum atomic E-state index is -0.706. The van der Waals surface area contributed by atoms with Gasteiger partial charge in [0.1, 0.15) is 5.82 Å². The number of halogens is 3. The van der Waals surface area contributed by atoms with Crippen LogP contribution in [0.15, 0.2) is 24.5 Å². The first-order valence-corrected chi connectivity index (χ1v) is 5.87. The van der Waals surface area contributed by atoms with E-state index >= 15 is 0 Å². The van der Waals surface area contributed by atoms with Gasteiger partial charge in [-0.15, -0.1) is 0 Å². The summed E-state index contributed by atoms with van der Waals surface area (Å²) in [5, 5.41) is 6.95. The lowest BCUT2D eigenvalue weighted by Crippen LogP contribution is -2.02. The van der Waals surface area contributed by atoms with Gasteiger partial charge in [-0.25, -0.2) is 8.78 Å². The van der Waals surface area contributed by atoms with E-state index < -0.39 is 11.6 Å². The second-order valence-electron chi connectivity index (χ2n) is 3.80. The maximum atomic E-state index is 13.5. The number of anilines is 1. The van der Waals surface area contributed by atoms with Gasteiger partial charge in [-0.2, -0.15) is 5.10 Å². The smallest absolute Gasteiger partial charge is 0.150 e. The Labute approximate surface area is 108 Å². The molecule has 2 rings (SSSR count). The molecule has 0 spiro atoms. The molecule has 0 bridgehead atoms. The quantitative estimate of drug-likeness (QED) is 0.923. The number of aromatic nitrogens is 2. The molecule has 6 heteroatoms. The average molecular weight is 272 g/mol. The number of nitrogens with zero attached hydrogens (tertiary/aromatic N) is 2. The zero-order valence-electron chi connectivity index (χ0n) is 9.75. The largest absolute Gasteiger partial charge is 0.377 e. The van der Waals surface area contributed by atoms with Crippen molar-refractivity contribution in [3.8, 4) is 0 Å². The molecule has 0 fully saturated rings. The monoisotopic (exact) mass is 271 g/mol. The van der Waals surface area contributed by atoms with Crippen LogP contribution in [0.3, 0.4) is 0 Å². The molecule has 1 aromatic heterocycles. The molecule has 3 nitrogen and oxygen atoms in total. The van der Waals surface area contributed by atoms with Crippen LogP contribution in [0, 0.1) is 11.6 Å². The Morgan fingerprint density at radius 1 is 1.39 bits per heavy atom. The number of benzene rings is 1. The van der Waals surface area contributed by atoms with Crippen molar-refractivity contribution in [1.29, 1.82) is 0 Å². The Morgan fingerprint density at radius 3 is 2.78 bits per heavy atom. The van der Waals surface area contributed by atoms with Crippen LogP contribution in [0.1, 0.15) is 12.5 Å². The third-order valence-electron chi connectivity index (χ3n) is 2.49. The van der Waals surface area contributed by atoms with Crippen LogP contribution >= 0.6 is 11.6 Å². The fourth-order valence-corrected chi connectivity index (χ4v) is 1.83. The van der Waals surface area contributed by atoms with E-state index in [-0.39, 0.29) is 10.7 Å². The van der Waals surface area contributed by atoms with Crippen LogP contribution in [0.2, 0.25) is 5.02 Å². The van der Waals surface area contributed by atoms with Crippen LogP contribution in [0.5, 0.6) is 0 Å². The van der Waals surface area contributed by atoms with Gasteiger partial charge in [0, 0.05) is 30.9 Å². The molecule has 0 amide bonds. The molecule has 0 saturated carbocycles. The highest BCUT2D eigenvalue weighted by atomic mass is 35.5. The van der Waals surface area contributed by atoms with Crippen LogP contribution in [-0.4, -0.2) is 9.78 Å². The minimum Gasteiger partial charge on any atom is -0.377 e. The topological polar surface area (TPSA) is 29.9 Å². The van der Waals surface area contributed by atoms with Gasteiger partial charge in [-0.3, -0.25) is 4.68 Å². The predicted molar refractivity (Wildman–Crippen MR) is 66.6 cm³/mol. The minimum absolute atomic E-state index is 0.0235. The van der Waals surface area contributed by atoms with E-state index in [0.717, 1.165) is 24.2 Å². The number of rotatable bonds is 4. The molecule has 0 saturated heterocycles. The van der Waals surface area contributed by atoms with Crippen molar-refractivity contribution >= 4 is 17.3 Å². The third-order valence-corrected chi connectivity index (χ3v) is 2.78. The Balaban J connectivity index is 2.10. The first-order chi connectivity index (χ1) is 8.60. The molecule has 0 aliphatic heterocycles. The summed E-state index contributed by atoms with van der Waals surface area (Å²) in [5.41, 5.74) is 0.999. The van der Waals surface area contributed by atoms with E-state index in [9.17, 15) is 8.78 Å².